The second-order valence-corrected chi connectivity index (χ2v) is 9.12. The molecule has 3 atom stereocenters. The number of phenolic OH excluding ortho intramolecular Hbond substituents is 1. The van der Waals surface area contributed by atoms with Crippen LogP contribution in [0.3, 0.4) is 0 Å². The van der Waals surface area contributed by atoms with Crippen molar-refractivity contribution in [3.63, 3.8) is 0 Å². The van der Waals surface area contributed by atoms with Gasteiger partial charge in [0, 0.05) is 31.5 Å². The average molecular weight is 537 g/mol. The molecule has 1 heterocycles. The van der Waals surface area contributed by atoms with Gasteiger partial charge < -0.3 is 35.1 Å². The van der Waals surface area contributed by atoms with E-state index < -0.39 is 24.3 Å². The molecule has 1 aliphatic heterocycles. The molecule has 10 heteroatoms. The van der Waals surface area contributed by atoms with Crippen molar-refractivity contribution in [2.24, 2.45) is 0 Å². The van der Waals surface area contributed by atoms with Gasteiger partial charge in [-0.15, -0.1) is 0 Å². The van der Waals surface area contributed by atoms with Crippen molar-refractivity contribution >= 4 is 23.9 Å². The predicted molar refractivity (Wildman–Crippen MR) is 142 cm³/mol. The first-order chi connectivity index (χ1) is 19.0. The number of allylic oxidation sites excluding steroid dienone is 1. The lowest BCUT2D eigenvalue weighted by molar-refractivity contribution is -0.121. The van der Waals surface area contributed by atoms with Gasteiger partial charge in [-0.1, -0.05) is 48.6 Å². The van der Waals surface area contributed by atoms with Gasteiger partial charge in [0.2, 0.25) is 11.8 Å². The normalized spacial score (nSPS) is 20.2. The zero-order valence-electron chi connectivity index (χ0n) is 21.4. The molecule has 1 saturated heterocycles. The molecule has 0 spiro atoms. The summed E-state index contributed by atoms with van der Waals surface area (Å²) in [5, 5.41) is 24.0. The molecule has 39 heavy (non-hydrogen) atoms. The minimum atomic E-state index is -0.748. The van der Waals surface area contributed by atoms with E-state index in [-0.39, 0.29) is 56.9 Å². The minimum Gasteiger partial charge on any atom is -0.508 e. The van der Waals surface area contributed by atoms with Crippen molar-refractivity contribution < 1.29 is 38.8 Å². The zero-order chi connectivity index (χ0) is 27.6. The summed E-state index contributed by atoms with van der Waals surface area (Å²) < 4.78 is 17.1. The summed E-state index contributed by atoms with van der Waals surface area (Å²) in [7, 11) is 0. The van der Waals surface area contributed by atoms with Crippen molar-refractivity contribution in [1.29, 1.82) is 0 Å². The topological polar surface area (TPSA) is 143 Å². The van der Waals surface area contributed by atoms with Gasteiger partial charge in [0.15, 0.2) is 0 Å². The average Bonchev–Trinajstić information content (AvgIpc) is 3.42. The number of benzene rings is 2. The molecule has 1 aliphatic carbocycles. The number of para-hydroxylation sites is 1. The molecule has 2 amide bonds. The summed E-state index contributed by atoms with van der Waals surface area (Å²) >= 11 is 0. The maximum absolute atomic E-state index is 13.2. The Kier molecular flexibility index (Phi) is 9.85. The van der Waals surface area contributed by atoms with Crippen LogP contribution >= 0.6 is 0 Å². The van der Waals surface area contributed by atoms with Crippen LogP contribution in [0, 0.1) is 0 Å². The Balaban J connectivity index is 1.39. The SMILES string of the molecule is O=C(CCNC(=O)C1=CC2OCOC2C(OC(=O)c2ccccc2C=CCc2ccccc2O)C1)NCCO. The number of phenols is 1. The third-order valence-electron chi connectivity index (χ3n) is 6.43. The Morgan fingerprint density at radius 2 is 1.82 bits per heavy atom. The standard InChI is InChI=1S/C29H32N2O8/c32-15-14-30-26(34)12-13-31-28(35)21-16-24-27(38-18-37-24)25(17-21)39-29(36)22-10-3-1-6-19(22)8-5-9-20-7-2-4-11-23(20)33/h1-8,10-11,16,24-25,27,32-33H,9,12-15,17-18H2,(H,30,34)(H,31,35). The Morgan fingerprint density at radius 3 is 2.64 bits per heavy atom. The molecule has 0 aromatic heterocycles. The van der Waals surface area contributed by atoms with Crippen molar-refractivity contribution in [3.8, 4) is 5.75 Å². The van der Waals surface area contributed by atoms with Gasteiger partial charge in [-0.05, 0) is 35.8 Å². The fraction of sp³-hybridized carbons (Fsp3) is 0.345. The first-order valence-electron chi connectivity index (χ1n) is 12.8. The zero-order valence-corrected chi connectivity index (χ0v) is 21.4. The quantitative estimate of drug-likeness (QED) is 0.319. The van der Waals surface area contributed by atoms with Crippen LogP contribution in [0.25, 0.3) is 6.08 Å². The summed E-state index contributed by atoms with van der Waals surface area (Å²) in [6, 6.07) is 14.1. The molecular weight excluding hydrogens is 504 g/mol. The van der Waals surface area contributed by atoms with E-state index in [0.717, 1.165) is 5.56 Å². The monoisotopic (exact) mass is 536 g/mol. The first kappa shape index (κ1) is 28.0. The summed E-state index contributed by atoms with van der Waals surface area (Å²) in [6.07, 6.45) is 4.18. The molecular formula is C29H32N2O8. The number of hydrogen-bond donors (Lipinski definition) is 4. The molecule has 0 radical (unpaired) electrons. The van der Waals surface area contributed by atoms with Crippen molar-refractivity contribution in [3.05, 3.63) is 82.9 Å². The van der Waals surface area contributed by atoms with E-state index in [9.17, 15) is 19.5 Å². The summed E-state index contributed by atoms with van der Waals surface area (Å²) in [6.45, 7) is 0.130. The van der Waals surface area contributed by atoms with E-state index in [1.165, 1.54) is 0 Å². The van der Waals surface area contributed by atoms with Crippen LogP contribution in [0.1, 0.15) is 34.3 Å². The summed E-state index contributed by atoms with van der Waals surface area (Å²) in [4.78, 5) is 37.7. The lowest BCUT2D eigenvalue weighted by Crippen LogP contribution is -2.43. The van der Waals surface area contributed by atoms with Crippen LogP contribution < -0.4 is 10.6 Å². The second-order valence-electron chi connectivity index (χ2n) is 9.12. The van der Waals surface area contributed by atoms with Crippen LogP contribution in [-0.4, -0.2) is 72.8 Å². The highest BCUT2D eigenvalue weighted by atomic mass is 16.7. The molecule has 0 bridgehead atoms. The van der Waals surface area contributed by atoms with Gasteiger partial charge in [-0.2, -0.15) is 0 Å². The number of esters is 1. The number of nitrogens with one attached hydrogen (secondary N) is 2. The van der Waals surface area contributed by atoms with E-state index in [2.05, 4.69) is 10.6 Å². The van der Waals surface area contributed by atoms with Crippen LogP contribution in [-0.2, 0) is 30.2 Å². The number of hydrogen-bond acceptors (Lipinski definition) is 8. The Hall–Kier alpha value is -3.99. The van der Waals surface area contributed by atoms with Gasteiger partial charge in [0.1, 0.15) is 30.9 Å². The van der Waals surface area contributed by atoms with Gasteiger partial charge in [-0.3, -0.25) is 9.59 Å². The summed E-state index contributed by atoms with van der Waals surface area (Å²) in [5.74, 6) is -1.01. The van der Waals surface area contributed by atoms with Gasteiger partial charge in [0.05, 0.1) is 12.2 Å². The molecule has 206 valence electrons. The van der Waals surface area contributed by atoms with E-state index in [1.807, 2.05) is 24.3 Å². The van der Waals surface area contributed by atoms with E-state index in [4.69, 9.17) is 19.3 Å². The fourth-order valence-electron chi connectivity index (χ4n) is 4.44. The van der Waals surface area contributed by atoms with Crippen molar-refractivity contribution in [2.45, 2.75) is 37.6 Å². The molecule has 4 rings (SSSR count). The van der Waals surface area contributed by atoms with E-state index in [1.54, 1.807) is 42.5 Å². The third-order valence-corrected chi connectivity index (χ3v) is 6.43. The van der Waals surface area contributed by atoms with Crippen molar-refractivity contribution in [1.82, 2.24) is 10.6 Å². The highest BCUT2D eigenvalue weighted by Crippen LogP contribution is 2.31. The molecule has 2 aliphatic rings. The van der Waals surface area contributed by atoms with E-state index >= 15 is 0 Å². The number of aliphatic hydroxyl groups is 1. The number of amides is 2. The Bertz CT molecular complexity index is 1240. The number of aliphatic hydroxyl groups excluding tert-OH is 1. The maximum Gasteiger partial charge on any atom is 0.339 e. The molecule has 3 unspecified atom stereocenters. The number of fused-ring (bicyclic) bond motifs is 1. The van der Waals surface area contributed by atoms with Crippen molar-refractivity contribution in [2.75, 3.05) is 26.5 Å². The Morgan fingerprint density at radius 1 is 1.03 bits per heavy atom. The number of ether oxygens (including phenoxy) is 3. The predicted octanol–water partition coefficient (Wildman–Crippen LogP) is 1.86. The molecule has 1 fully saturated rings. The number of carbonyl (C=O) groups is 3. The van der Waals surface area contributed by atoms with Crippen LogP contribution in [0.15, 0.2) is 66.3 Å². The lowest BCUT2D eigenvalue weighted by Gasteiger charge is -2.30. The second kappa shape index (κ2) is 13.7. The van der Waals surface area contributed by atoms with E-state index in [0.29, 0.717) is 23.1 Å². The fourth-order valence-corrected chi connectivity index (χ4v) is 4.44. The van der Waals surface area contributed by atoms with Gasteiger partial charge >= 0.3 is 5.97 Å². The number of rotatable bonds is 11. The highest BCUT2D eigenvalue weighted by Gasteiger charge is 2.42. The summed E-state index contributed by atoms with van der Waals surface area (Å²) in [5.41, 5.74) is 2.16. The lowest BCUT2D eigenvalue weighted by atomic mass is 9.91. The minimum absolute atomic E-state index is 0.0193. The van der Waals surface area contributed by atoms with Crippen LogP contribution in [0.2, 0.25) is 0 Å². The number of carbonyl (C=O) groups excluding carboxylic acids is 3. The van der Waals surface area contributed by atoms with Gasteiger partial charge in [-0.25, -0.2) is 4.79 Å². The smallest absolute Gasteiger partial charge is 0.339 e. The van der Waals surface area contributed by atoms with Gasteiger partial charge in [0.25, 0.3) is 0 Å². The largest absolute Gasteiger partial charge is 0.508 e. The Labute approximate surface area is 226 Å². The van der Waals surface area contributed by atoms with Crippen LogP contribution in [0.4, 0.5) is 0 Å². The first-order valence-corrected chi connectivity index (χ1v) is 12.8. The van der Waals surface area contributed by atoms with Crippen LogP contribution in [0.5, 0.6) is 5.75 Å². The molecule has 10 nitrogen and oxygen atoms in total. The molecule has 2 aromatic rings. The third kappa shape index (κ3) is 7.53. The molecule has 2 aromatic carbocycles. The highest BCUT2D eigenvalue weighted by molar-refractivity contribution is 5.95. The number of aromatic hydroxyl groups is 1. The maximum atomic E-state index is 13.2. The molecule has 4 N–H and O–H groups in total. The molecule has 0 saturated carbocycles.